The summed E-state index contributed by atoms with van der Waals surface area (Å²) in [7, 11) is 1.64. The van der Waals surface area contributed by atoms with Crippen molar-refractivity contribution >= 4 is 17.4 Å². The summed E-state index contributed by atoms with van der Waals surface area (Å²) in [4.78, 5) is 12.3. The summed E-state index contributed by atoms with van der Waals surface area (Å²) in [5, 5.41) is 2.86. The first-order valence-electron chi connectivity index (χ1n) is 5.61. The normalized spacial score (nSPS) is 10.1. The van der Waals surface area contributed by atoms with E-state index in [1.807, 2.05) is 24.3 Å². The Hall–Kier alpha value is -1.88. The molecule has 0 bridgehead atoms. The van der Waals surface area contributed by atoms with Crippen LogP contribution in [0.25, 0.3) is 0 Å². The maximum Gasteiger partial charge on any atom is 0.262 e. The van der Waals surface area contributed by atoms with Crippen molar-refractivity contribution in [2.75, 3.05) is 13.7 Å². The molecule has 0 saturated heterocycles. The van der Waals surface area contributed by atoms with Crippen molar-refractivity contribution in [3.8, 4) is 5.75 Å². The number of amides is 1. The maximum atomic E-state index is 11.6. The van der Waals surface area contributed by atoms with Crippen molar-refractivity contribution in [1.29, 1.82) is 0 Å². The molecule has 4 nitrogen and oxygen atoms in total. The Morgan fingerprint density at radius 1 is 1.33 bits per heavy atom. The summed E-state index contributed by atoms with van der Waals surface area (Å²) in [6, 6.07) is 9.55. The molecule has 2 rings (SSSR count). The van der Waals surface area contributed by atoms with Gasteiger partial charge in [0, 0.05) is 12.7 Å². The van der Waals surface area contributed by atoms with Crippen LogP contribution in [-0.4, -0.2) is 23.9 Å². The van der Waals surface area contributed by atoms with Crippen LogP contribution in [-0.2, 0) is 6.42 Å². The highest BCUT2D eigenvalue weighted by Gasteiger charge is 2.05. The van der Waals surface area contributed by atoms with E-state index in [4.69, 9.17) is 4.74 Å². The molecule has 0 fully saturated rings. The summed E-state index contributed by atoms with van der Waals surface area (Å²) in [5.74, 6) is 0.776. The third-order valence-corrected chi connectivity index (χ3v) is 3.27. The van der Waals surface area contributed by atoms with E-state index in [0.29, 0.717) is 11.4 Å². The standard InChI is InChI=1S/C13H14N2O2S/c1-17-11-4-2-10(3-5-11)6-8-14-13(16)12-7-9-15-18-12/h2-5,7,9H,6,8H2,1H3,(H,14,16). The van der Waals surface area contributed by atoms with Crippen LogP contribution >= 0.6 is 11.5 Å². The molecule has 1 aromatic heterocycles. The minimum Gasteiger partial charge on any atom is -0.497 e. The lowest BCUT2D eigenvalue weighted by Gasteiger charge is -2.05. The number of hydrogen-bond donors (Lipinski definition) is 1. The number of carbonyl (C=O) groups is 1. The van der Waals surface area contributed by atoms with Crippen LogP contribution in [0.5, 0.6) is 5.75 Å². The Morgan fingerprint density at radius 3 is 2.72 bits per heavy atom. The molecule has 2 aromatic rings. The fourth-order valence-corrected chi connectivity index (χ4v) is 2.04. The lowest BCUT2D eigenvalue weighted by atomic mass is 10.1. The summed E-state index contributed by atoms with van der Waals surface area (Å²) in [6.07, 6.45) is 2.43. The highest BCUT2D eigenvalue weighted by molar-refractivity contribution is 7.08. The van der Waals surface area contributed by atoms with Crippen LogP contribution in [0.15, 0.2) is 36.5 Å². The first kappa shape index (κ1) is 12.6. The number of aromatic nitrogens is 1. The van der Waals surface area contributed by atoms with E-state index in [1.54, 1.807) is 19.4 Å². The quantitative estimate of drug-likeness (QED) is 0.898. The van der Waals surface area contributed by atoms with Gasteiger partial charge in [0.1, 0.15) is 10.6 Å². The molecule has 0 spiro atoms. The topological polar surface area (TPSA) is 51.2 Å². The lowest BCUT2D eigenvalue weighted by Crippen LogP contribution is -2.24. The molecule has 1 aromatic carbocycles. The smallest absolute Gasteiger partial charge is 0.262 e. The van der Waals surface area contributed by atoms with E-state index < -0.39 is 0 Å². The van der Waals surface area contributed by atoms with Gasteiger partial charge in [-0.3, -0.25) is 4.79 Å². The largest absolute Gasteiger partial charge is 0.497 e. The zero-order valence-corrected chi connectivity index (χ0v) is 10.9. The molecule has 5 heteroatoms. The molecule has 0 radical (unpaired) electrons. The Morgan fingerprint density at radius 2 is 2.11 bits per heavy atom. The average Bonchev–Trinajstić information content (AvgIpc) is 2.93. The van der Waals surface area contributed by atoms with Gasteiger partial charge in [0.05, 0.1) is 7.11 Å². The summed E-state index contributed by atoms with van der Waals surface area (Å²) >= 11 is 1.20. The molecule has 94 valence electrons. The molecule has 0 atom stereocenters. The first-order chi connectivity index (χ1) is 8.79. The zero-order chi connectivity index (χ0) is 12.8. The SMILES string of the molecule is COc1ccc(CCNC(=O)c2ccns2)cc1. The van der Waals surface area contributed by atoms with Gasteiger partial charge in [0.25, 0.3) is 5.91 Å². The predicted molar refractivity (Wildman–Crippen MR) is 71.1 cm³/mol. The molecule has 1 amide bonds. The van der Waals surface area contributed by atoms with Crippen molar-refractivity contribution < 1.29 is 9.53 Å². The molecule has 1 heterocycles. The predicted octanol–water partition coefficient (Wildman–Crippen LogP) is 2.12. The number of hydrogen-bond acceptors (Lipinski definition) is 4. The van der Waals surface area contributed by atoms with Crippen LogP contribution in [0.3, 0.4) is 0 Å². The van der Waals surface area contributed by atoms with Crippen LogP contribution in [0.4, 0.5) is 0 Å². The summed E-state index contributed by atoms with van der Waals surface area (Å²) in [5.41, 5.74) is 1.17. The molecule has 0 saturated carbocycles. The molecule has 0 aliphatic rings. The number of rotatable bonds is 5. The van der Waals surface area contributed by atoms with Crippen LogP contribution < -0.4 is 10.1 Å². The Balaban J connectivity index is 1.79. The monoisotopic (exact) mass is 262 g/mol. The van der Waals surface area contributed by atoms with E-state index in [1.165, 1.54) is 17.1 Å². The first-order valence-corrected chi connectivity index (χ1v) is 6.39. The second kappa shape index (κ2) is 6.16. The lowest BCUT2D eigenvalue weighted by molar-refractivity contribution is 0.0958. The maximum absolute atomic E-state index is 11.6. The fraction of sp³-hybridized carbons (Fsp3) is 0.231. The number of benzene rings is 1. The number of nitrogens with zero attached hydrogens (tertiary/aromatic N) is 1. The molecular weight excluding hydrogens is 248 g/mol. The number of ether oxygens (including phenoxy) is 1. The van der Waals surface area contributed by atoms with Gasteiger partial charge in [-0.05, 0) is 41.7 Å². The molecular formula is C13H14N2O2S. The molecule has 0 aliphatic heterocycles. The minimum absolute atomic E-state index is 0.0639. The van der Waals surface area contributed by atoms with Crippen molar-refractivity contribution in [3.05, 3.63) is 47.0 Å². The molecule has 18 heavy (non-hydrogen) atoms. The number of methoxy groups -OCH3 is 1. The van der Waals surface area contributed by atoms with Gasteiger partial charge in [-0.1, -0.05) is 12.1 Å². The number of nitrogens with one attached hydrogen (secondary N) is 1. The Bertz CT molecular complexity index is 494. The van der Waals surface area contributed by atoms with Gasteiger partial charge in [-0.25, -0.2) is 4.37 Å². The fourth-order valence-electron chi connectivity index (χ4n) is 1.53. The third kappa shape index (κ3) is 3.30. The van der Waals surface area contributed by atoms with E-state index in [9.17, 15) is 4.79 Å². The molecule has 0 aliphatic carbocycles. The Labute approximate surface area is 110 Å². The van der Waals surface area contributed by atoms with Gasteiger partial charge in [0.15, 0.2) is 0 Å². The summed E-state index contributed by atoms with van der Waals surface area (Å²) in [6.45, 7) is 0.614. The molecule has 0 unspecified atom stereocenters. The van der Waals surface area contributed by atoms with Crippen molar-refractivity contribution in [3.63, 3.8) is 0 Å². The van der Waals surface area contributed by atoms with E-state index in [2.05, 4.69) is 9.69 Å². The zero-order valence-electron chi connectivity index (χ0n) is 10.1. The Kier molecular flexibility index (Phi) is 4.30. The minimum atomic E-state index is -0.0639. The van der Waals surface area contributed by atoms with Gasteiger partial charge in [-0.15, -0.1) is 0 Å². The highest BCUT2D eigenvalue weighted by atomic mass is 32.1. The second-order valence-corrected chi connectivity index (χ2v) is 4.56. The van der Waals surface area contributed by atoms with E-state index >= 15 is 0 Å². The van der Waals surface area contributed by atoms with Gasteiger partial charge < -0.3 is 10.1 Å². The summed E-state index contributed by atoms with van der Waals surface area (Å²) < 4.78 is 8.98. The van der Waals surface area contributed by atoms with E-state index in [-0.39, 0.29) is 5.91 Å². The van der Waals surface area contributed by atoms with Crippen molar-refractivity contribution in [2.24, 2.45) is 0 Å². The van der Waals surface area contributed by atoms with Crippen LogP contribution in [0.2, 0.25) is 0 Å². The van der Waals surface area contributed by atoms with Gasteiger partial charge in [0.2, 0.25) is 0 Å². The van der Waals surface area contributed by atoms with E-state index in [0.717, 1.165) is 12.2 Å². The second-order valence-electron chi connectivity index (χ2n) is 3.73. The van der Waals surface area contributed by atoms with Crippen molar-refractivity contribution in [2.45, 2.75) is 6.42 Å². The molecule has 1 N–H and O–H groups in total. The highest BCUT2D eigenvalue weighted by Crippen LogP contribution is 2.11. The van der Waals surface area contributed by atoms with Gasteiger partial charge in [-0.2, -0.15) is 0 Å². The van der Waals surface area contributed by atoms with Crippen LogP contribution in [0.1, 0.15) is 15.2 Å². The van der Waals surface area contributed by atoms with Crippen LogP contribution in [0, 0.1) is 0 Å². The third-order valence-electron chi connectivity index (χ3n) is 2.52. The van der Waals surface area contributed by atoms with Crippen molar-refractivity contribution in [1.82, 2.24) is 9.69 Å². The average molecular weight is 262 g/mol. The van der Waals surface area contributed by atoms with Gasteiger partial charge >= 0.3 is 0 Å². The number of carbonyl (C=O) groups excluding carboxylic acids is 1.